The number of amides is 2. The summed E-state index contributed by atoms with van der Waals surface area (Å²) in [5, 5.41) is 3.89. The third kappa shape index (κ3) is 8.45. The number of halogens is 2. The first-order valence-corrected chi connectivity index (χ1v) is 11.9. The van der Waals surface area contributed by atoms with E-state index in [1.165, 1.54) is 0 Å². The minimum absolute atomic E-state index is 0.127. The van der Waals surface area contributed by atoms with Gasteiger partial charge in [0.15, 0.2) is 0 Å². The Morgan fingerprint density at radius 2 is 1.76 bits per heavy atom. The molecule has 1 atom stereocenters. The molecule has 0 aliphatic carbocycles. The van der Waals surface area contributed by atoms with Crippen LogP contribution in [0.4, 0.5) is 0 Å². The number of rotatable bonds is 13. The van der Waals surface area contributed by atoms with E-state index >= 15 is 0 Å². The molecule has 2 amide bonds. The number of benzene rings is 2. The van der Waals surface area contributed by atoms with Crippen molar-refractivity contribution in [1.82, 2.24) is 10.2 Å². The monoisotopic (exact) mass is 494 g/mol. The number of hydrogen-bond donors (Lipinski definition) is 1. The van der Waals surface area contributed by atoms with Gasteiger partial charge in [-0.3, -0.25) is 9.59 Å². The molecule has 0 aliphatic rings. The van der Waals surface area contributed by atoms with E-state index in [1.54, 1.807) is 30.2 Å². The maximum Gasteiger partial charge on any atom is 0.242 e. The van der Waals surface area contributed by atoms with E-state index in [2.05, 4.69) is 5.32 Å². The van der Waals surface area contributed by atoms with Gasteiger partial charge in [-0.25, -0.2) is 0 Å². The largest absolute Gasteiger partial charge is 0.497 e. The topological polar surface area (TPSA) is 67.9 Å². The molecule has 0 aromatic heterocycles. The van der Waals surface area contributed by atoms with Crippen LogP contribution in [0.2, 0.25) is 10.0 Å². The van der Waals surface area contributed by atoms with Gasteiger partial charge < -0.3 is 19.7 Å². The highest BCUT2D eigenvalue weighted by Crippen LogP contribution is 2.24. The summed E-state index contributed by atoms with van der Waals surface area (Å²) in [6, 6.07) is 11.8. The van der Waals surface area contributed by atoms with E-state index < -0.39 is 6.04 Å². The van der Waals surface area contributed by atoms with Crippen LogP contribution in [0.15, 0.2) is 42.5 Å². The van der Waals surface area contributed by atoms with E-state index in [0.29, 0.717) is 41.8 Å². The molecule has 0 unspecified atom stereocenters. The molecule has 0 heterocycles. The Labute approximate surface area is 206 Å². The van der Waals surface area contributed by atoms with Crippen LogP contribution in [0.5, 0.6) is 11.5 Å². The van der Waals surface area contributed by atoms with E-state index in [4.69, 9.17) is 32.7 Å². The van der Waals surface area contributed by atoms with Crippen molar-refractivity contribution in [1.29, 1.82) is 0 Å². The maximum absolute atomic E-state index is 13.2. The lowest BCUT2D eigenvalue weighted by Gasteiger charge is -2.31. The van der Waals surface area contributed by atoms with Gasteiger partial charge in [-0.2, -0.15) is 0 Å². The first kappa shape index (κ1) is 26.8. The van der Waals surface area contributed by atoms with E-state index in [9.17, 15) is 9.59 Å². The quantitative estimate of drug-likeness (QED) is 0.373. The van der Waals surface area contributed by atoms with Crippen LogP contribution in [0.1, 0.15) is 45.1 Å². The lowest BCUT2D eigenvalue weighted by molar-refractivity contribution is -0.141. The summed E-state index contributed by atoms with van der Waals surface area (Å²) in [7, 11) is 1.61. The highest BCUT2D eigenvalue weighted by molar-refractivity contribution is 6.35. The average molecular weight is 495 g/mol. The van der Waals surface area contributed by atoms with Crippen molar-refractivity contribution in [2.45, 2.75) is 52.1 Å². The van der Waals surface area contributed by atoms with Gasteiger partial charge in [-0.15, -0.1) is 0 Å². The van der Waals surface area contributed by atoms with Crippen molar-refractivity contribution in [2.24, 2.45) is 0 Å². The molecular formula is C25H32Cl2N2O4. The molecule has 0 fully saturated rings. The lowest BCUT2D eigenvalue weighted by atomic mass is 10.1. The smallest absolute Gasteiger partial charge is 0.242 e. The number of nitrogens with zero attached hydrogens (tertiary/aromatic N) is 1. The van der Waals surface area contributed by atoms with Gasteiger partial charge in [-0.1, -0.05) is 43.1 Å². The van der Waals surface area contributed by atoms with Crippen molar-refractivity contribution in [2.75, 3.05) is 20.3 Å². The Balaban J connectivity index is 2.06. The molecule has 1 N–H and O–H groups in total. The van der Waals surface area contributed by atoms with Crippen LogP contribution >= 0.6 is 23.2 Å². The molecule has 33 heavy (non-hydrogen) atoms. The normalized spacial score (nSPS) is 11.5. The fourth-order valence-electron chi connectivity index (χ4n) is 3.35. The number of carbonyl (C=O) groups excluding carboxylic acids is 2. The van der Waals surface area contributed by atoms with Gasteiger partial charge in [-0.05, 0) is 61.2 Å². The molecular weight excluding hydrogens is 463 g/mol. The average Bonchev–Trinajstić information content (AvgIpc) is 2.81. The highest BCUT2D eigenvalue weighted by Gasteiger charge is 2.28. The summed E-state index contributed by atoms with van der Waals surface area (Å²) in [6.45, 7) is 5.06. The van der Waals surface area contributed by atoms with Gasteiger partial charge in [0.05, 0.1) is 13.7 Å². The number of methoxy groups -OCH3 is 1. The molecule has 0 spiro atoms. The van der Waals surface area contributed by atoms with Gasteiger partial charge in [0, 0.05) is 29.6 Å². The van der Waals surface area contributed by atoms with Crippen molar-refractivity contribution >= 4 is 35.0 Å². The predicted molar refractivity (Wildman–Crippen MR) is 132 cm³/mol. The first-order chi connectivity index (χ1) is 15.9. The number of hydrogen-bond acceptors (Lipinski definition) is 4. The summed E-state index contributed by atoms with van der Waals surface area (Å²) < 4.78 is 10.9. The number of nitrogens with one attached hydrogen (secondary N) is 1. The Kier molecular flexibility index (Phi) is 11.3. The van der Waals surface area contributed by atoms with Crippen LogP contribution in [-0.2, 0) is 16.1 Å². The Hall–Kier alpha value is -2.44. The molecule has 0 saturated heterocycles. The van der Waals surface area contributed by atoms with Gasteiger partial charge >= 0.3 is 0 Å². The van der Waals surface area contributed by atoms with E-state index in [-0.39, 0.29) is 24.8 Å². The zero-order valence-corrected chi connectivity index (χ0v) is 20.9. The highest BCUT2D eigenvalue weighted by atomic mass is 35.5. The van der Waals surface area contributed by atoms with Crippen molar-refractivity contribution in [3.8, 4) is 11.5 Å². The van der Waals surface area contributed by atoms with E-state index in [1.807, 2.05) is 38.1 Å². The third-order valence-electron chi connectivity index (χ3n) is 5.15. The maximum atomic E-state index is 13.2. The van der Waals surface area contributed by atoms with Crippen molar-refractivity contribution in [3.63, 3.8) is 0 Å². The fraction of sp³-hybridized carbons (Fsp3) is 0.440. The minimum Gasteiger partial charge on any atom is -0.497 e. The molecule has 2 aromatic rings. The van der Waals surface area contributed by atoms with E-state index in [0.717, 1.165) is 17.7 Å². The molecule has 0 aliphatic heterocycles. The van der Waals surface area contributed by atoms with Crippen molar-refractivity contribution < 1.29 is 19.1 Å². The standard InChI is InChI=1S/C25H32Cl2N2O4/c1-4-14-28-25(31)23(5-2)29(17-18-8-9-19(26)16-22(18)27)24(30)7-6-15-33-21-12-10-20(32-3)11-13-21/h8-13,16,23H,4-7,14-15,17H2,1-3H3,(H,28,31)/t23-/m1/s1. The molecule has 180 valence electrons. The molecule has 0 radical (unpaired) electrons. The first-order valence-electron chi connectivity index (χ1n) is 11.2. The molecule has 0 bridgehead atoms. The molecule has 6 nitrogen and oxygen atoms in total. The predicted octanol–water partition coefficient (Wildman–Crippen LogP) is 5.49. The molecule has 0 saturated carbocycles. The molecule has 2 aromatic carbocycles. The summed E-state index contributed by atoms with van der Waals surface area (Å²) in [5.41, 5.74) is 0.741. The Morgan fingerprint density at radius 3 is 2.36 bits per heavy atom. The van der Waals surface area contributed by atoms with Gasteiger partial charge in [0.25, 0.3) is 0 Å². The summed E-state index contributed by atoms with van der Waals surface area (Å²) in [6.07, 6.45) is 2.08. The zero-order valence-electron chi connectivity index (χ0n) is 19.4. The van der Waals surface area contributed by atoms with Crippen LogP contribution in [0.25, 0.3) is 0 Å². The van der Waals surface area contributed by atoms with Gasteiger partial charge in [0.1, 0.15) is 17.5 Å². The lowest BCUT2D eigenvalue weighted by Crippen LogP contribution is -2.49. The number of ether oxygens (including phenoxy) is 2. The fourth-order valence-corrected chi connectivity index (χ4v) is 3.82. The Bertz CT molecular complexity index is 906. The van der Waals surface area contributed by atoms with Crippen molar-refractivity contribution in [3.05, 3.63) is 58.1 Å². The van der Waals surface area contributed by atoms with Gasteiger partial charge in [0.2, 0.25) is 11.8 Å². The molecule has 2 rings (SSSR count). The van der Waals surface area contributed by atoms with Crippen LogP contribution < -0.4 is 14.8 Å². The Morgan fingerprint density at radius 1 is 1.06 bits per heavy atom. The second kappa shape index (κ2) is 14.0. The molecule has 8 heteroatoms. The SMILES string of the molecule is CCCNC(=O)[C@@H](CC)N(Cc1ccc(Cl)cc1Cl)C(=O)CCCOc1ccc(OC)cc1. The van der Waals surface area contributed by atoms with Crippen LogP contribution in [-0.4, -0.2) is 43.0 Å². The second-order valence-corrected chi connectivity index (χ2v) is 8.44. The summed E-state index contributed by atoms with van der Waals surface area (Å²) in [4.78, 5) is 27.6. The minimum atomic E-state index is -0.585. The third-order valence-corrected chi connectivity index (χ3v) is 5.74. The zero-order chi connectivity index (χ0) is 24.2. The summed E-state index contributed by atoms with van der Waals surface area (Å²) in [5.74, 6) is 1.17. The van der Waals surface area contributed by atoms with Crippen LogP contribution in [0.3, 0.4) is 0 Å². The second-order valence-electron chi connectivity index (χ2n) is 7.60. The number of carbonyl (C=O) groups is 2. The van der Waals surface area contributed by atoms with Crippen LogP contribution in [0, 0.1) is 0 Å². The summed E-state index contributed by atoms with van der Waals surface area (Å²) >= 11 is 12.4.